The smallest absolute Gasteiger partial charge is 0.220 e. The Kier molecular flexibility index (Phi) is 5.39. The van der Waals surface area contributed by atoms with Crippen LogP contribution in [0, 0.1) is 5.92 Å². The molecule has 0 fully saturated rings. The van der Waals surface area contributed by atoms with E-state index in [0.717, 1.165) is 40.2 Å². The molecule has 2 aromatic carbocycles. The number of carbonyl (C=O) groups excluding carboxylic acids is 1. The molecule has 1 atom stereocenters. The molecule has 2 heterocycles. The molecule has 0 aliphatic carbocycles. The molecule has 0 unspecified atom stereocenters. The van der Waals surface area contributed by atoms with Crippen LogP contribution in [-0.2, 0) is 11.2 Å². The van der Waals surface area contributed by atoms with E-state index in [1.165, 1.54) is 4.70 Å². The van der Waals surface area contributed by atoms with Gasteiger partial charge in [0, 0.05) is 6.42 Å². The summed E-state index contributed by atoms with van der Waals surface area (Å²) in [5, 5.41) is 4.25. The minimum atomic E-state index is -0.123. The van der Waals surface area contributed by atoms with Crippen molar-refractivity contribution in [2.75, 3.05) is 0 Å². The fraction of sp³-hybridized carbons (Fsp3) is 0.318. The van der Waals surface area contributed by atoms with Gasteiger partial charge in [0.15, 0.2) is 0 Å². The molecule has 2 N–H and O–H groups in total. The van der Waals surface area contributed by atoms with Crippen LogP contribution in [0.3, 0.4) is 0 Å². The van der Waals surface area contributed by atoms with Crippen LogP contribution in [0.4, 0.5) is 0 Å². The van der Waals surface area contributed by atoms with Crippen LogP contribution in [0.5, 0.6) is 0 Å². The van der Waals surface area contributed by atoms with Crippen molar-refractivity contribution in [1.82, 2.24) is 20.3 Å². The number of hydrogen-bond acceptors (Lipinski definition) is 4. The largest absolute Gasteiger partial charge is 0.346 e. The molecule has 0 saturated carbocycles. The molecule has 0 aliphatic heterocycles. The van der Waals surface area contributed by atoms with E-state index < -0.39 is 0 Å². The molecule has 0 aliphatic rings. The maximum atomic E-state index is 12.5. The van der Waals surface area contributed by atoms with Crippen LogP contribution >= 0.6 is 11.3 Å². The number of para-hydroxylation sites is 3. The van der Waals surface area contributed by atoms with E-state index in [0.29, 0.717) is 6.42 Å². The number of thiazole rings is 1. The van der Waals surface area contributed by atoms with Crippen LogP contribution in [0.15, 0.2) is 48.5 Å². The minimum absolute atomic E-state index is 0.0558. The molecule has 4 aromatic rings. The fourth-order valence-corrected chi connectivity index (χ4v) is 4.35. The number of aromatic amines is 1. The van der Waals surface area contributed by atoms with E-state index >= 15 is 0 Å². The lowest BCUT2D eigenvalue weighted by molar-refractivity contribution is -0.122. The van der Waals surface area contributed by atoms with Crippen molar-refractivity contribution in [2.45, 2.75) is 39.2 Å². The SMILES string of the molecule is CC(C)[C@@H](NC(=O)CCCc1nc2ccccc2s1)c1nc2ccccc2[nH]1. The van der Waals surface area contributed by atoms with Crippen LogP contribution < -0.4 is 5.32 Å². The molecular formula is C22H24N4OS. The Morgan fingerprint density at radius 2 is 1.82 bits per heavy atom. The number of nitrogens with zero attached hydrogens (tertiary/aromatic N) is 2. The molecule has 28 heavy (non-hydrogen) atoms. The average Bonchev–Trinajstić information content (AvgIpc) is 3.29. The summed E-state index contributed by atoms with van der Waals surface area (Å²) in [6.07, 6.45) is 2.10. The second kappa shape index (κ2) is 8.10. The van der Waals surface area contributed by atoms with Crippen molar-refractivity contribution in [2.24, 2.45) is 5.92 Å². The Labute approximate surface area is 168 Å². The second-order valence-electron chi connectivity index (χ2n) is 7.36. The number of aryl methyl sites for hydroxylation is 1. The van der Waals surface area contributed by atoms with Gasteiger partial charge in [0.05, 0.1) is 32.3 Å². The number of nitrogens with one attached hydrogen (secondary N) is 2. The Bertz CT molecular complexity index is 1030. The first-order valence-corrected chi connectivity index (χ1v) is 10.5. The average molecular weight is 393 g/mol. The van der Waals surface area contributed by atoms with E-state index in [-0.39, 0.29) is 17.9 Å². The number of carbonyl (C=O) groups is 1. The van der Waals surface area contributed by atoms with E-state index in [9.17, 15) is 4.79 Å². The number of fused-ring (bicyclic) bond motifs is 2. The molecule has 0 spiro atoms. The highest BCUT2D eigenvalue weighted by Gasteiger charge is 2.21. The van der Waals surface area contributed by atoms with Gasteiger partial charge in [0.1, 0.15) is 5.82 Å². The van der Waals surface area contributed by atoms with Gasteiger partial charge in [-0.05, 0) is 43.0 Å². The molecular weight excluding hydrogens is 368 g/mol. The molecule has 1 amide bonds. The molecule has 0 radical (unpaired) electrons. The molecule has 5 nitrogen and oxygen atoms in total. The van der Waals surface area contributed by atoms with Crippen LogP contribution in [-0.4, -0.2) is 20.9 Å². The lowest BCUT2D eigenvalue weighted by Crippen LogP contribution is -2.32. The maximum absolute atomic E-state index is 12.5. The van der Waals surface area contributed by atoms with Crippen molar-refractivity contribution >= 4 is 38.5 Å². The Morgan fingerprint density at radius 3 is 2.57 bits per heavy atom. The molecule has 0 bridgehead atoms. The first-order chi connectivity index (χ1) is 13.6. The van der Waals surface area contributed by atoms with Crippen molar-refractivity contribution in [3.8, 4) is 0 Å². The summed E-state index contributed by atoms with van der Waals surface area (Å²) in [5.74, 6) is 1.12. The molecule has 2 aromatic heterocycles. The van der Waals surface area contributed by atoms with Crippen LogP contribution in [0.2, 0.25) is 0 Å². The van der Waals surface area contributed by atoms with Gasteiger partial charge < -0.3 is 10.3 Å². The van der Waals surface area contributed by atoms with Gasteiger partial charge in [-0.2, -0.15) is 0 Å². The van der Waals surface area contributed by atoms with Crippen molar-refractivity contribution in [3.05, 3.63) is 59.4 Å². The minimum Gasteiger partial charge on any atom is -0.346 e. The zero-order chi connectivity index (χ0) is 19.5. The zero-order valence-electron chi connectivity index (χ0n) is 16.1. The second-order valence-corrected chi connectivity index (χ2v) is 8.47. The highest BCUT2D eigenvalue weighted by atomic mass is 32.1. The molecule has 6 heteroatoms. The Balaban J connectivity index is 1.36. The van der Waals surface area contributed by atoms with E-state index in [1.807, 2.05) is 42.5 Å². The summed E-state index contributed by atoms with van der Waals surface area (Å²) in [6.45, 7) is 4.19. The summed E-state index contributed by atoms with van der Waals surface area (Å²) < 4.78 is 1.20. The summed E-state index contributed by atoms with van der Waals surface area (Å²) in [6, 6.07) is 16.0. The lowest BCUT2D eigenvalue weighted by atomic mass is 10.0. The quantitative estimate of drug-likeness (QED) is 0.464. The summed E-state index contributed by atoms with van der Waals surface area (Å²) in [5.41, 5.74) is 2.96. The monoisotopic (exact) mass is 392 g/mol. The number of amides is 1. The first-order valence-electron chi connectivity index (χ1n) is 9.68. The number of aromatic nitrogens is 3. The lowest BCUT2D eigenvalue weighted by Gasteiger charge is -2.20. The van der Waals surface area contributed by atoms with Gasteiger partial charge in [-0.15, -0.1) is 11.3 Å². The van der Waals surface area contributed by atoms with Gasteiger partial charge in [0.2, 0.25) is 5.91 Å². The fourth-order valence-electron chi connectivity index (χ4n) is 3.34. The standard InChI is InChI=1S/C22H24N4OS/c1-14(2)21(22-24-15-8-3-4-9-16(15)25-22)26-19(27)12-7-13-20-23-17-10-5-6-11-18(17)28-20/h3-6,8-11,14,21H,7,12-13H2,1-2H3,(H,24,25)(H,26,27)/t21-/m1/s1. The number of benzene rings is 2. The highest BCUT2D eigenvalue weighted by molar-refractivity contribution is 7.18. The molecule has 0 saturated heterocycles. The summed E-state index contributed by atoms with van der Waals surface area (Å²) in [4.78, 5) is 25.2. The third-order valence-corrected chi connectivity index (χ3v) is 5.91. The number of hydrogen-bond donors (Lipinski definition) is 2. The summed E-state index contributed by atoms with van der Waals surface area (Å²) >= 11 is 1.71. The van der Waals surface area contributed by atoms with Crippen LogP contribution in [0.1, 0.15) is 43.6 Å². The zero-order valence-corrected chi connectivity index (χ0v) is 16.9. The normalized spacial score (nSPS) is 12.7. The van der Waals surface area contributed by atoms with Crippen molar-refractivity contribution < 1.29 is 4.79 Å². The number of rotatable bonds is 7. The van der Waals surface area contributed by atoms with Crippen LogP contribution in [0.25, 0.3) is 21.3 Å². The number of imidazole rings is 1. The third kappa shape index (κ3) is 4.07. The van der Waals surface area contributed by atoms with E-state index in [4.69, 9.17) is 0 Å². The van der Waals surface area contributed by atoms with Crippen molar-refractivity contribution in [1.29, 1.82) is 0 Å². The highest BCUT2D eigenvalue weighted by Crippen LogP contribution is 2.24. The topological polar surface area (TPSA) is 70.7 Å². The Morgan fingerprint density at radius 1 is 1.07 bits per heavy atom. The Hall–Kier alpha value is -2.73. The van der Waals surface area contributed by atoms with E-state index in [2.05, 4.69) is 40.2 Å². The van der Waals surface area contributed by atoms with Crippen molar-refractivity contribution in [3.63, 3.8) is 0 Å². The third-order valence-electron chi connectivity index (χ3n) is 4.82. The van der Waals surface area contributed by atoms with Gasteiger partial charge in [-0.3, -0.25) is 4.79 Å². The number of H-pyrrole nitrogens is 1. The first kappa shape index (κ1) is 18.6. The predicted molar refractivity (Wildman–Crippen MR) is 114 cm³/mol. The van der Waals surface area contributed by atoms with Gasteiger partial charge in [0.25, 0.3) is 0 Å². The maximum Gasteiger partial charge on any atom is 0.220 e. The van der Waals surface area contributed by atoms with E-state index in [1.54, 1.807) is 11.3 Å². The predicted octanol–water partition coefficient (Wildman–Crippen LogP) is 5.01. The van der Waals surface area contributed by atoms with Gasteiger partial charge >= 0.3 is 0 Å². The molecule has 144 valence electrons. The van der Waals surface area contributed by atoms with Gasteiger partial charge in [-0.25, -0.2) is 9.97 Å². The summed E-state index contributed by atoms with van der Waals surface area (Å²) in [7, 11) is 0. The molecule has 4 rings (SSSR count). The van der Waals surface area contributed by atoms with Gasteiger partial charge in [-0.1, -0.05) is 38.1 Å².